The van der Waals surface area contributed by atoms with E-state index < -0.39 is 22.9 Å². The molecule has 12 heteroatoms. The van der Waals surface area contributed by atoms with E-state index in [-0.39, 0.29) is 36.8 Å². The summed E-state index contributed by atoms with van der Waals surface area (Å²) in [6.45, 7) is 5.02. The summed E-state index contributed by atoms with van der Waals surface area (Å²) in [6, 6.07) is 7.65. The van der Waals surface area contributed by atoms with Gasteiger partial charge in [-0.1, -0.05) is 6.92 Å². The van der Waals surface area contributed by atoms with Crippen LogP contribution in [0.25, 0.3) is 0 Å². The molecule has 11 nitrogen and oxygen atoms in total. The molecular formula is C23H28FN5O6. The van der Waals surface area contributed by atoms with E-state index in [9.17, 15) is 19.7 Å². The number of rotatable bonds is 7. The highest BCUT2D eigenvalue weighted by molar-refractivity contribution is 5.90. The first kappa shape index (κ1) is 24.3. The number of anilines is 3. The topological polar surface area (TPSA) is 121 Å². The Balaban J connectivity index is 1.40. The third-order valence-corrected chi connectivity index (χ3v) is 6.50. The molecule has 188 valence electrons. The van der Waals surface area contributed by atoms with Gasteiger partial charge in [0, 0.05) is 39.2 Å². The quantitative estimate of drug-likeness (QED) is 0.465. The van der Waals surface area contributed by atoms with E-state index in [4.69, 9.17) is 9.15 Å². The predicted molar refractivity (Wildman–Crippen MR) is 126 cm³/mol. The van der Waals surface area contributed by atoms with E-state index in [0.717, 1.165) is 0 Å². The fraction of sp³-hybridized carbons (Fsp3) is 0.478. The lowest BCUT2D eigenvalue weighted by Gasteiger charge is -2.42. The SMILES string of the molecule is CC(=O)NC[C@H]1CN(c2ccc(N3CCC(N(C)c4ccc([N+](=O)[O-])o4)C(C)C3)c(F)c2)C(=O)O1. The van der Waals surface area contributed by atoms with Gasteiger partial charge in [-0.05, 0) is 30.5 Å². The average Bonchev–Trinajstić information content (AvgIpc) is 3.44. The Kier molecular flexibility index (Phi) is 6.81. The van der Waals surface area contributed by atoms with Crippen LogP contribution < -0.4 is 20.0 Å². The molecule has 3 atom stereocenters. The van der Waals surface area contributed by atoms with Crippen LogP contribution in [0.2, 0.25) is 0 Å². The molecule has 2 aliphatic heterocycles. The van der Waals surface area contributed by atoms with Gasteiger partial charge in [-0.15, -0.1) is 0 Å². The second kappa shape index (κ2) is 9.80. The maximum Gasteiger partial charge on any atom is 0.434 e. The fourth-order valence-corrected chi connectivity index (χ4v) is 4.71. The fourth-order valence-electron chi connectivity index (χ4n) is 4.71. The molecule has 0 saturated carbocycles. The first-order valence-electron chi connectivity index (χ1n) is 11.4. The zero-order valence-corrected chi connectivity index (χ0v) is 19.8. The van der Waals surface area contributed by atoms with Crippen LogP contribution in [0.15, 0.2) is 34.7 Å². The smallest absolute Gasteiger partial charge is 0.434 e. The maximum atomic E-state index is 15.1. The molecule has 2 fully saturated rings. The molecule has 1 N–H and O–H groups in total. The number of ether oxygens (including phenoxy) is 1. The monoisotopic (exact) mass is 489 g/mol. The molecule has 2 aliphatic rings. The molecule has 1 aromatic heterocycles. The minimum Gasteiger partial charge on any atom is -0.442 e. The highest BCUT2D eigenvalue weighted by Crippen LogP contribution is 2.33. The Labute approximate surface area is 201 Å². The van der Waals surface area contributed by atoms with Crippen molar-refractivity contribution < 1.29 is 28.1 Å². The number of amides is 2. The van der Waals surface area contributed by atoms with Crippen molar-refractivity contribution in [3.05, 3.63) is 46.3 Å². The molecule has 2 amide bonds. The van der Waals surface area contributed by atoms with E-state index >= 15 is 4.39 Å². The summed E-state index contributed by atoms with van der Waals surface area (Å²) in [5.74, 6) is -0.417. The summed E-state index contributed by atoms with van der Waals surface area (Å²) in [7, 11) is 1.84. The van der Waals surface area contributed by atoms with E-state index in [1.165, 1.54) is 24.0 Å². The van der Waals surface area contributed by atoms with Gasteiger partial charge in [-0.3, -0.25) is 19.8 Å². The third kappa shape index (κ3) is 5.15. The number of nitrogens with zero attached hydrogens (tertiary/aromatic N) is 4. The van der Waals surface area contributed by atoms with Gasteiger partial charge in [-0.2, -0.15) is 0 Å². The normalized spacial score (nSPS) is 22.2. The number of benzene rings is 1. The number of piperidine rings is 1. The van der Waals surface area contributed by atoms with Crippen LogP contribution in [0.4, 0.5) is 32.3 Å². The van der Waals surface area contributed by atoms with Crippen molar-refractivity contribution in [1.82, 2.24) is 5.32 Å². The van der Waals surface area contributed by atoms with Gasteiger partial charge < -0.3 is 24.3 Å². The summed E-state index contributed by atoms with van der Waals surface area (Å²) in [6.07, 6.45) is -0.374. The number of carbonyl (C=O) groups is 2. The molecule has 0 bridgehead atoms. The molecule has 0 radical (unpaired) electrons. The van der Waals surface area contributed by atoms with Gasteiger partial charge >= 0.3 is 12.0 Å². The van der Waals surface area contributed by atoms with Gasteiger partial charge in [0.2, 0.25) is 11.8 Å². The Morgan fingerprint density at radius 3 is 2.71 bits per heavy atom. The first-order valence-corrected chi connectivity index (χ1v) is 11.4. The Morgan fingerprint density at radius 1 is 1.31 bits per heavy atom. The Morgan fingerprint density at radius 2 is 2.09 bits per heavy atom. The second-order valence-corrected chi connectivity index (χ2v) is 8.95. The zero-order valence-electron chi connectivity index (χ0n) is 19.8. The van der Waals surface area contributed by atoms with E-state index in [1.807, 2.05) is 23.8 Å². The van der Waals surface area contributed by atoms with Crippen molar-refractivity contribution >= 4 is 35.1 Å². The second-order valence-electron chi connectivity index (χ2n) is 8.95. The molecule has 2 aromatic rings. The zero-order chi connectivity index (χ0) is 25.3. The molecule has 2 unspecified atom stereocenters. The van der Waals surface area contributed by atoms with Crippen LogP contribution in [-0.4, -0.2) is 62.3 Å². The number of furan rings is 1. The van der Waals surface area contributed by atoms with Crippen LogP contribution in [0.3, 0.4) is 0 Å². The van der Waals surface area contributed by atoms with Gasteiger partial charge in [0.1, 0.15) is 16.8 Å². The number of hydrogen-bond acceptors (Lipinski definition) is 8. The number of nitrogens with one attached hydrogen (secondary N) is 1. The third-order valence-electron chi connectivity index (χ3n) is 6.50. The molecule has 2 saturated heterocycles. The Hall–Kier alpha value is -3.83. The van der Waals surface area contributed by atoms with Crippen molar-refractivity contribution in [1.29, 1.82) is 0 Å². The number of cyclic esters (lactones) is 1. The molecule has 4 rings (SSSR count). The number of hydrogen-bond donors (Lipinski definition) is 1. The van der Waals surface area contributed by atoms with Gasteiger partial charge in [-0.25, -0.2) is 9.18 Å². The highest BCUT2D eigenvalue weighted by Gasteiger charge is 2.34. The van der Waals surface area contributed by atoms with E-state index in [2.05, 4.69) is 5.32 Å². The molecule has 35 heavy (non-hydrogen) atoms. The number of carbonyl (C=O) groups excluding carboxylic acids is 2. The minimum absolute atomic E-state index is 0.0688. The number of nitro groups is 1. The van der Waals surface area contributed by atoms with Crippen LogP contribution in [0.1, 0.15) is 20.3 Å². The summed E-state index contributed by atoms with van der Waals surface area (Å²) >= 11 is 0. The number of halogens is 1. The summed E-state index contributed by atoms with van der Waals surface area (Å²) in [5.41, 5.74) is 0.835. The predicted octanol–water partition coefficient (Wildman–Crippen LogP) is 3.14. The van der Waals surface area contributed by atoms with Crippen molar-refractivity contribution in [2.24, 2.45) is 5.92 Å². The summed E-state index contributed by atoms with van der Waals surface area (Å²) in [5, 5.41) is 13.5. The van der Waals surface area contributed by atoms with Crippen LogP contribution in [-0.2, 0) is 9.53 Å². The molecule has 3 heterocycles. The largest absolute Gasteiger partial charge is 0.442 e. The van der Waals surface area contributed by atoms with Crippen molar-refractivity contribution in [2.45, 2.75) is 32.4 Å². The lowest BCUT2D eigenvalue weighted by molar-refractivity contribution is -0.401. The van der Waals surface area contributed by atoms with Crippen molar-refractivity contribution in [2.75, 3.05) is 47.9 Å². The van der Waals surface area contributed by atoms with E-state index in [0.29, 0.717) is 36.8 Å². The van der Waals surface area contributed by atoms with Gasteiger partial charge in [0.15, 0.2) is 0 Å². The standard InChI is InChI=1S/C23H28FN5O6/c1-14-12-27(9-8-19(14)26(3)21-6-7-22(35-21)29(32)33)20-5-4-16(10-18(20)24)28-13-17(34-23(28)31)11-25-15(2)30/h4-7,10,14,17,19H,8-9,11-13H2,1-3H3,(H,25,30)/t14?,17-,19?/m0/s1. The maximum absolute atomic E-state index is 15.1. The average molecular weight is 490 g/mol. The van der Waals surface area contributed by atoms with Crippen molar-refractivity contribution in [3.8, 4) is 0 Å². The van der Waals surface area contributed by atoms with Crippen LogP contribution in [0.5, 0.6) is 0 Å². The van der Waals surface area contributed by atoms with Crippen molar-refractivity contribution in [3.63, 3.8) is 0 Å². The Bertz CT molecular complexity index is 1120. The first-order chi connectivity index (χ1) is 16.6. The van der Waals surface area contributed by atoms with Gasteiger partial charge in [0.05, 0.1) is 30.5 Å². The lowest BCUT2D eigenvalue weighted by Crippen LogP contribution is -2.49. The van der Waals surface area contributed by atoms with E-state index in [1.54, 1.807) is 18.2 Å². The highest BCUT2D eigenvalue weighted by atomic mass is 19.1. The van der Waals surface area contributed by atoms with Crippen LogP contribution in [0, 0.1) is 21.8 Å². The van der Waals surface area contributed by atoms with Crippen LogP contribution >= 0.6 is 0 Å². The molecule has 0 spiro atoms. The summed E-state index contributed by atoms with van der Waals surface area (Å²) in [4.78, 5) is 38.9. The van der Waals surface area contributed by atoms with Gasteiger partial charge in [0.25, 0.3) is 0 Å². The lowest BCUT2D eigenvalue weighted by atomic mass is 9.92. The molecule has 0 aliphatic carbocycles. The minimum atomic E-state index is -0.580. The summed E-state index contributed by atoms with van der Waals surface area (Å²) < 4.78 is 25.7. The molecular weight excluding hydrogens is 461 g/mol. The molecule has 1 aromatic carbocycles.